The molecule has 0 aromatic heterocycles. The minimum atomic E-state index is -4.44. The Labute approximate surface area is 106 Å². The van der Waals surface area contributed by atoms with Crippen LogP contribution in [0.25, 0.3) is 11.1 Å². The van der Waals surface area contributed by atoms with Crippen LogP contribution in [-0.2, 0) is 6.18 Å². The molecule has 96 valence electrons. The summed E-state index contributed by atoms with van der Waals surface area (Å²) in [6, 6.07) is 9.81. The third-order valence-corrected chi connectivity index (χ3v) is 2.63. The van der Waals surface area contributed by atoms with Crippen LogP contribution in [0.3, 0.4) is 0 Å². The largest absolute Gasteiger partial charge is 0.416 e. The lowest BCUT2D eigenvalue weighted by Crippen LogP contribution is -2.04. The molecule has 2 rings (SSSR count). The lowest BCUT2D eigenvalue weighted by molar-refractivity contribution is -0.137. The van der Waals surface area contributed by atoms with Crippen molar-refractivity contribution < 1.29 is 17.6 Å². The quantitative estimate of drug-likeness (QED) is 0.702. The normalized spacial score (nSPS) is 11.1. The van der Waals surface area contributed by atoms with E-state index in [1.54, 1.807) is 0 Å². The van der Waals surface area contributed by atoms with Crippen molar-refractivity contribution in [1.82, 2.24) is 0 Å². The Kier molecular flexibility index (Phi) is 3.26. The van der Waals surface area contributed by atoms with Crippen LogP contribution in [0.4, 0.5) is 17.6 Å². The number of nitrogens with zero attached hydrogens (tertiary/aromatic N) is 1. The molecule has 0 aliphatic carbocycles. The maximum atomic E-state index is 13.7. The van der Waals surface area contributed by atoms with Gasteiger partial charge in [-0.3, -0.25) is 0 Å². The molecule has 2 aromatic rings. The van der Waals surface area contributed by atoms with Crippen molar-refractivity contribution >= 4 is 0 Å². The lowest BCUT2D eigenvalue weighted by atomic mass is 9.98. The molecule has 0 unspecified atom stereocenters. The Hall–Kier alpha value is -2.35. The standard InChI is InChI=1S/C14H7F4N/c15-12-3-1-2-10(8-19)13(12)9-4-6-11(7-5-9)14(16,17)18/h1-7H. The first-order valence-corrected chi connectivity index (χ1v) is 5.29. The van der Waals surface area contributed by atoms with Crippen LogP contribution in [0.15, 0.2) is 42.5 Å². The van der Waals surface area contributed by atoms with Gasteiger partial charge in [-0.2, -0.15) is 18.4 Å². The third kappa shape index (κ3) is 2.58. The van der Waals surface area contributed by atoms with Gasteiger partial charge in [0.1, 0.15) is 5.82 Å². The summed E-state index contributed by atoms with van der Waals surface area (Å²) in [5, 5.41) is 8.89. The number of alkyl halides is 3. The molecule has 0 spiro atoms. The van der Waals surface area contributed by atoms with Crippen molar-refractivity contribution in [3.63, 3.8) is 0 Å². The van der Waals surface area contributed by atoms with Crippen molar-refractivity contribution in [1.29, 1.82) is 5.26 Å². The fourth-order valence-electron chi connectivity index (χ4n) is 1.74. The second-order valence-electron chi connectivity index (χ2n) is 3.85. The molecule has 0 heterocycles. The summed E-state index contributed by atoms with van der Waals surface area (Å²) in [6.07, 6.45) is -4.44. The molecule has 19 heavy (non-hydrogen) atoms. The van der Waals surface area contributed by atoms with Gasteiger partial charge in [0.25, 0.3) is 0 Å². The number of nitriles is 1. The van der Waals surface area contributed by atoms with E-state index in [1.165, 1.54) is 12.1 Å². The van der Waals surface area contributed by atoms with E-state index in [2.05, 4.69) is 0 Å². The Balaban J connectivity index is 2.53. The van der Waals surface area contributed by atoms with Gasteiger partial charge in [0.05, 0.1) is 17.2 Å². The highest BCUT2D eigenvalue weighted by molar-refractivity contribution is 5.71. The van der Waals surface area contributed by atoms with Crippen LogP contribution in [0.1, 0.15) is 11.1 Å². The van der Waals surface area contributed by atoms with Crippen molar-refractivity contribution in [2.75, 3.05) is 0 Å². The first-order valence-electron chi connectivity index (χ1n) is 5.29. The molecule has 0 aliphatic heterocycles. The average molecular weight is 265 g/mol. The maximum Gasteiger partial charge on any atom is 0.416 e. The molecule has 0 saturated heterocycles. The fourth-order valence-corrected chi connectivity index (χ4v) is 1.74. The van der Waals surface area contributed by atoms with Crippen LogP contribution in [-0.4, -0.2) is 0 Å². The van der Waals surface area contributed by atoms with Gasteiger partial charge in [0.2, 0.25) is 0 Å². The van der Waals surface area contributed by atoms with E-state index < -0.39 is 17.6 Å². The van der Waals surface area contributed by atoms with Crippen LogP contribution >= 0.6 is 0 Å². The smallest absolute Gasteiger partial charge is 0.206 e. The zero-order valence-electron chi connectivity index (χ0n) is 9.50. The van der Waals surface area contributed by atoms with E-state index in [4.69, 9.17) is 5.26 Å². The first-order chi connectivity index (χ1) is 8.93. The van der Waals surface area contributed by atoms with Crippen molar-refractivity contribution in [3.8, 4) is 17.2 Å². The van der Waals surface area contributed by atoms with Crippen LogP contribution in [0.2, 0.25) is 0 Å². The van der Waals surface area contributed by atoms with Gasteiger partial charge in [0.15, 0.2) is 0 Å². The van der Waals surface area contributed by atoms with Gasteiger partial charge < -0.3 is 0 Å². The molecule has 5 heteroatoms. The predicted molar refractivity (Wildman–Crippen MR) is 61.6 cm³/mol. The number of hydrogen-bond donors (Lipinski definition) is 0. The van der Waals surface area contributed by atoms with Gasteiger partial charge in [-0.05, 0) is 29.8 Å². The second kappa shape index (κ2) is 4.73. The lowest BCUT2D eigenvalue weighted by Gasteiger charge is -2.09. The van der Waals surface area contributed by atoms with E-state index in [0.717, 1.165) is 30.3 Å². The molecule has 1 nitrogen and oxygen atoms in total. The molecule has 0 bridgehead atoms. The second-order valence-corrected chi connectivity index (χ2v) is 3.85. The SMILES string of the molecule is N#Cc1cccc(F)c1-c1ccc(C(F)(F)F)cc1. The van der Waals surface area contributed by atoms with E-state index >= 15 is 0 Å². The van der Waals surface area contributed by atoms with Crippen molar-refractivity contribution in [2.24, 2.45) is 0 Å². The highest BCUT2D eigenvalue weighted by Crippen LogP contribution is 2.32. The Morgan fingerprint density at radius 2 is 1.58 bits per heavy atom. The molecule has 0 amide bonds. The summed E-state index contributed by atoms with van der Waals surface area (Å²) in [5.41, 5.74) is -0.479. The maximum absolute atomic E-state index is 13.7. The van der Waals surface area contributed by atoms with E-state index in [0.29, 0.717) is 0 Å². The fraction of sp³-hybridized carbons (Fsp3) is 0.0714. The summed E-state index contributed by atoms with van der Waals surface area (Å²) in [7, 11) is 0. The first kappa shape index (κ1) is 13.1. The van der Waals surface area contributed by atoms with Crippen LogP contribution < -0.4 is 0 Å². The number of rotatable bonds is 1. The van der Waals surface area contributed by atoms with E-state index in [-0.39, 0.29) is 16.7 Å². The molecule has 0 aliphatic rings. The minimum Gasteiger partial charge on any atom is -0.206 e. The molecular weight excluding hydrogens is 258 g/mol. The molecule has 2 aromatic carbocycles. The summed E-state index contributed by atoms with van der Waals surface area (Å²) in [4.78, 5) is 0. The highest BCUT2D eigenvalue weighted by atomic mass is 19.4. The van der Waals surface area contributed by atoms with Gasteiger partial charge in [-0.1, -0.05) is 18.2 Å². The van der Waals surface area contributed by atoms with Gasteiger partial charge in [-0.15, -0.1) is 0 Å². The Bertz CT molecular complexity index is 636. The summed E-state index contributed by atoms with van der Waals surface area (Å²) in [6.45, 7) is 0. The van der Waals surface area contributed by atoms with Crippen LogP contribution in [0.5, 0.6) is 0 Å². The molecule has 0 N–H and O–H groups in total. The summed E-state index contributed by atoms with van der Waals surface area (Å²) in [5.74, 6) is -0.640. The molecular formula is C14H7F4N. The average Bonchev–Trinajstić information content (AvgIpc) is 2.37. The predicted octanol–water partition coefficient (Wildman–Crippen LogP) is 4.38. The zero-order valence-corrected chi connectivity index (χ0v) is 9.50. The zero-order chi connectivity index (χ0) is 14.0. The van der Waals surface area contributed by atoms with Gasteiger partial charge in [0, 0.05) is 5.56 Å². The van der Waals surface area contributed by atoms with E-state index in [9.17, 15) is 17.6 Å². The Morgan fingerprint density at radius 3 is 2.11 bits per heavy atom. The monoisotopic (exact) mass is 265 g/mol. The minimum absolute atomic E-state index is 0.0127. The van der Waals surface area contributed by atoms with Gasteiger partial charge >= 0.3 is 6.18 Å². The van der Waals surface area contributed by atoms with E-state index in [1.807, 2.05) is 6.07 Å². The third-order valence-electron chi connectivity index (χ3n) is 2.63. The number of hydrogen-bond acceptors (Lipinski definition) is 1. The number of halogens is 4. The highest BCUT2D eigenvalue weighted by Gasteiger charge is 2.30. The molecule has 0 saturated carbocycles. The van der Waals surface area contributed by atoms with Gasteiger partial charge in [-0.25, -0.2) is 4.39 Å². The molecule has 0 fully saturated rings. The number of benzene rings is 2. The Morgan fingerprint density at radius 1 is 0.947 bits per heavy atom. The molecule has 0 atom stereocenters. The summed E-state index contributed by atoms with van der Waals surface area (Å²) < 4.78 is 50.9. The van der Waals surface area contributed by atoms with Crippen molar-refractivity contribution in [2.45, 2.75) is 6.18 Å². The van der Waals surface area contributed by atoms with Crippen LogP contribution in [0, 0.1) is 17.1 Å². The molecule has 0 radical (unpaired) electrons. The summed E-state index contributed by atoms with van der Waals surface area (Å²) >= 11 is 0. The topological polar surface area (TPSA) is 23.8 Å². The van der Waals surface area contributed by atoms with Crippen molar-refractivity contribution in [3.05, 3.63) is 59.4 Å².